The predicted octanol–water partition coefficient (Wildman–Crippen LogP) is 4.61. The normalized spacial score (nSPS) is 10.3. The van der Waals surface area contributed by atoms with Crippen molar-refractivity contribution < 1.29 is 9.53 Å². The van der Waals surface area contributed by atoms with Crippen LogP contribution in [0.3, 0.4) is 0 Å². The SMILES string of the molecule is Cc1cccc(OC(=O)NC(=S)c2cccc3ccccc23)c1. The molecule has 3 aromatic carbocycles. The second-order valence-electron chi connectivity index (χ2n) is 5.19. The first-order valence-electron chi connectivity index (χ1n) is 7.21. The van der Waals surface area contributed by atoms with E-state index in [2.05, 4.69) is 5.32 Å². The van der Waals surface area contributed by atoms with Crippen molar-refractivity contribution >= 4 is 34.1 Å². The van der Waals surface area contributed by atoms with Gasteiger partial charge < -0.3 is 4.74 Å². The molecule has 3 rings (SSSR count). The Hall–Kier alpha value is -2.72. The lowest BCUT2D eigenvalue weighted by Crippen LogP contribution is -2.32. The number of hydrogen-bond donors (Lipinski definition) is 1. The van der Waals surface area contributed by atoms with Gasteiger partial charge in [-0.1, -0.05) is 66.8 Å². The molecule has 0 aliphatic heterocycles. The summed E-state index contributed by atoms with van der Waals surface area (Å²) in [6.07, 6.45) is -0.589. The molecule has 0 radical (unpaired) electrons. The van der Waals surface area contributed by atoms with Crippen LogP contribution in [-0.2, 0) is 0 Å². The van der Waals surface area contributed by atoms with Crippen molar-refractivity contribution in [3.8, 4) is 5.75 Å². The Morgan fingerprint density at radius 1 is 1.00 bits per heavy atom. The first-order chi connectivity index (χ1) is 11.1. The molecule has 0 spiro atoms. The first kappa shape index (κ1) is 15.2. The fourth-order valence-electron chi connectivity index (χ4n) is 2.39. The molecular formula is C19H15NO2S. The summed E-state index contributed by atoms with van der Waals surface area (Å²) >= 11 is 5.35. The van der Waals surface area contributed by atoms with E-state index < -0.39 is 6.09 Å². The standard InChI is InChI=1S/C19H15NO2S/c1-13-6-4-9-15(12-13)22-19(21)20-18(23)17-11-5-8-14-7-2-3-10-16(14)17/h2-12H,1H3,(H,20,21,23). The number of hydrogen-bond acceptors (Lipinski definition) is 3. The van der Waals surface area contributed by atoms with Crippen molar-refractivity contribution in [2.75, 3.05) is 0 Å². The lowest BCUT2D eigenvalue weighted by Gasteiger charge is -2.10. The number of aryl methyl sites for hydroxylation is 1. The van der Waals surface area contributed by atoms with E-state index in [1.54, 1.807) is 12.1 Å². The molecule has 0 saturated heterocycles. The molecular weight excluding hydrogens is 306 g/mol. The molecule has 0 unspecified atom stereocenters. The van der Waals surface area contributed by atoms with Gasteiger partial charge in [0.05, 0.1) is 0 Å². The van der Waals surface area contributed by atoms with Crippen molar-refractivity contribution in [1.29, 1.82) is 0 Å². The summed E-state index contributed by atoms with van der Waals surface area (Å²) in [6.45, 7) is 1.94. The van der Waals surface area contributed by atoms with Gasteiger partial charge in [-0.2, -0.15) is 0 Å². The molecule has 3 nitrogen and oxygen atoms in total. The summed E-state index contributed by atoms with van der Waals surface area (Å²) in [5.74, 6) is 0.489. The third-order valence-corrected chi connectivity index (χ3v) is 3.77. The third kappa shape index (κ3) is 3.55. The smallest absolute Gasteiger partial charge is 0.410 e. The van der Waals surface area contributed by atoms with E-state index in [-0.39, 0.29) is 0 Å². The van der Waals surface area contributed by atoms with Gasteiger partial charge in [0.15, 0.2) is 0 Å². The van der Waals surface area contributed by atoms with Gasteiger partial charge >= 0.3 is 6.09 Å². The average molecular weight is 321 g/mol. The molecule has 0 aliphatic rings. The van der Waals surface area contributed by atoms with Crippen molar-refractivity contribution in [2.45, 2.75) is 6.92 Å². The Kier molecular flexibility index (Phi) is 4.35. The summed E-state index contributed by atoms with van der Waals surface area (Å²) in [5, 5.41) is 4.69. The molecule has 0 atom stereocenters. The number of ether oxygens (including phenoxy) is 1. The minimum absolute atomic E-state index is 0.347. The molecule has 114 valence electrons. The largest absolute Gasteiger partial charge is 0.417 e. The highest BCUT2D eigenvalue weighted by Gasteiger charge is 2.11. The molecule has 0 heterocycles. The first-order valence-corrected chi connectivity index (χ1v) is 7.62. The quantitative estimate of drug-likeness (QED) is 0.700. The summed E-state index contributed by atoms with van der Waals surface area (Å²) in [5.41, 5.74) is 1.83. The van der Waals surface area contributed by atoms with Gasteiger partial charge in [-0.15, -0.1) is 0 Å². The van der Waals surface area contributed by atoms with Crippen LogP contribution in [-0.4, -0.2) is 11.1 Å². The number of nitrogens with one attached hydrogen (secondary N) is 1. The Morgan fingerprint density at radius 2 is 1.74 bits per heavy atom. The maximum Gasteiger partial charge on any atom is 0.417 e. The average Bonchev–Trinajstić information content (AvgIpc) is 2.54. The van der Waals surface area contributed by atoms with Crippen LogP contribution in [0.25, 0.3) is 10.8 Å². The number of carbonyl (C=O) groups excluding carboxylic acids is 1. The van der Waals surface area contributed by atoms with Gasteiger partial charge in [0.1, 0.15) is 10.7 Å². The second-order valence-corrected chi connectivity index (χ2v) is 5.60. The molecule has 0 saturated carbocycles. The van der Waals surface area contributed by atoms with Gasteiger partial charge in [-0.3, -0.25) is 5.32 Å². The molecule has 3 aromatic rings. The molecule has 4 heteroatoms. The van der Waals surface area contributed by atoms with E-state index in [9.17, 15) is 4.79 Å². The molecule has 0 aliphatic carbocycles. The molecule has 23 heavy (non-hydrogen) atoms. The van der Waals surface area contributed by atoms with E-state index >= 15 is 0 Å². The van der Waals surface area contributed by atoms with Crippen LogP contribution in [0.1, 0.15) is 11.1 Å². The highest BCUT2D eigenvalue weighted by atomic mass is 32.1. The Balaban J connectivity index is 1.77. The van der Waals surface area contributed by atoms with Crippen molar-refractivity contribution in [1.82, 2.24) is 5.32 Å². The molecule has 1 N–H and O–H groups in total. The van der Waals surface area contributed by atoms with E-state index in [4.69, 9.17) is 17.0 Å². The van der Waals surface area contributed by atoms with Gasteiger partial charge in [0.2, 0.25) is 0 Å². The highest BCUT2D eigenvalue weighted by molar-refractivity contribution is 7.80. The summed E-state index contributed by atoms with van der Waals surface area (Å²) in [6, 6.07) is 21.0. The van der Waals surface area contributed by atoms with Gasteiger partial charge in [-0.05, 0) is 35.4 Å². The number of fused-ring (bicyclic) bond motifs is 1. The maximum absolute atomic E-state index is 12.0. The Labute approximate surface area is 139 Å². The zero-order valence-electron chi connectivity index (χ0n) is 12.6. The number of amides is 1. The molecule has 0 bridgehead atoms. The maximum atomic E-state index is 12.0. The van der Waals surface area contributed by atoms with Crippen molar-refractivity contribution in [3.05, 3.63) is 77.9 Å². The predicted molar refractivity (Wildman–Crippen MR) is 96.0 cm³/mol. The number of carbonyl (C=O) groups is 1. The summed E-state index contributed by atoms with van der Waals surface area (Å²) in [4.78, 5) is 12.4. The topological polar surface area (TPSA) is 38.3 Å². The Morgan fingerprint density at radius 3 is 2.57 bits per heavy atom. The van der Waals surface area contributed by atoms with E-state index in [0.29, 0.717) is 10.7 Å². The van der Waals surface area contributed by atoms with Crippen molar-refractivity contribution in [2.24, 2.45) is 0 Å². The van der Waals surface area contributed by atoms with Crippen LogP contribution in [0.15, 0.2) is 66.7 Å². The van der Waals surface area contributed by atoms with Crippen LogP contribution < -0.4 is 10.1 Å². The Bertz CT molecular complexity index is 884. The monoisotopic (exact) mass is 321 g/mol. The van der Waals surface area contributed by atoms with Crippen LogP contribution in [0, 0.1) is 6.92 Å². The zero-order valence-corrected chi connectivity index (χ0v) is 13.4. The summed E-state index contributed by atoms with van der Waals surface area (Å²) in [7, 11) is 0. The lowest BCUT2D eigenvalue weighted by atomic mass is 10.0. The number of benzene rings is 3. The van der Waals surface area contributed by atoms with Crippen molar-refractivity contribution in [3.63, 3.8) is 0 Å². The fraction of sp³-hybridized carbons (Fsp3) is 0.0526. The highest BCUT2D eigenvalue weighted by Crippen LogP contribution is 2.19. The van der Waals surface area contributed by atoms with Crippen LogP contribution >= 0.6 is 12.2 Å². The van der Waals surface area contributed by atoms with E-state index in [1.165, 1.54) is 0 Å². The molecule has 0 fully saturated rings. The molecule has 1 amide bonds. The van der Waals surface area contributed by atoms with Crippen LogP contribution in [0.2, 0.25) is 0 Å². The van der Waals surface area contributed by atoms with Gasteiger partial charge in [0, 0.05) is 5.56 Å². The van der Waals surface area contributed by atoms with E-state index in [1.807, 2.05) is 61.5 Å². The summed E-state index contributed by atoms with van der Waals surface area (Å²) < 4.78 is 5.26. The minimum atomic E-state index is -0.589. The fourth-order valence-corrected chi connectivity index (χ4v) is 2.66. The molecule has 0 aromatic heterocycles. The van der Waals surface area contributed by atoms with Gasteiger partial charge in [-0.25, -0.2) is 4.79 Å². The zero-order chi connectivity index (χ0) is 16.2. The van der Waals surface area contributed by atoms with Crippen LogP contribution in [0.4, 0.5) is 4.79 Å². The second kappa shape index (κ2) is 6.58. The van der Waals surface area contributed by atoms with Crippen LogP contribution in [0.5, 0.6) is 5.75 Å². The van der Waals surface area contributed by atoms with Gasteiger partial charge in [0.25, 0.3) is 0 Å². The van der Waals surface area contributed by atoms with E-state index in [0.717, 1.165) is 21.9 Å². The lowest BCUT2D eigenvalue weighted by molar-refractivity contribution is 0.206. The minimum Gasteiger partial charge on any atom is -0.410 e. The number of thiocarbonyl (C=S) groups is 1. The third-order valence-electron chi connectivity index (χ3n) is 3.45. The number of rotatable bonds is 2.